The third-order valence-corrected chi connectivity index (χ3v) is 3.23. The van der Waals surface area contributed by atoms with Gasteiger partial charge in [-0.15, -0.1) is 0 Å². The van der Waals surface area contributed by atoms with E-state index in [1.54, 1.807) is 0 Å². The number of ketones is 2. The molecule has 0 atom stereocenters. The maximum Gasteiger partial charge on any atom is 0.221 e. The summed E-state index contributed by atoms with van der Waals surface area (Å²) in [5.74, 6) is -0.204. The molecule has 0 bridgehead atoms. The van der Waals surface area contributed by atoms with Gasteiger partial charge in [0, 0.05) is 19.3 Å². The summed E-state index contributed by atoms with van der Waals surface area (Å²) in [6, 6.07) is 0. The summed E-state index contributed by atoms with van der Waals surface area (Å²) in [5.41, 5.74) is 0. The van der Waals surface area contributed by atoms with E-state index < -0.39 is 5.24 Å². The average Bonchev–Trinajstić information content (AvgIpc) is 2.69. The van der Waals surface area contributed by atoms with Gasteiger partial charge in [0.1, 0.15) is 0 Å². The lowest BCUT2D eigenvalue weighted by molar-refractivity contribution is -0.137. The maximum absolute atomic E-state index is 11.5. The predicted octanol–water partition coefficient (Wildman–Crippen LogP) is 2.64. The highest BCUT2D eigenvalue weighted by Crippen LogP contribution is 2.27. The fraction of sp³-hybridized carbons (Fsp3) is 0.750. The molecule has 0 aromatic heterocycles. The molecule has 4 heteroatoms. The molecule has 1 rings (SSSR count). The molecule has 0 spiro atoms. The molecular formula is C12H17ClO3. The van der Waals surface area contributed by atoms with Crippen molar-refractivity contribution >= 4 is 28.4 Å². The first-order valence-corrected chi connectivity index (χ1v) is 6.21. The molecule has 0 aromatic rings. The summed E-state index contributed by atoms with van der Waals surface area (Å²) in [6.45, 7) is 0. The molecule has 0 heterocycles. The normalized spacial score (nSPS) is 16.3. The van der Waals surface area contributed by atoms with Crippen molar-refractivity contribution in [3.05, 3.63) is 0 Å². The number of hydrogen-bond donors (Lipinski definition) is 0. The summed E-state index contributed by atoms with van der Waals surface area (Å²) in [6.07, 6.45) is 5.59. The van der Waals surface area contributed by atoms with Crippen molar-refractivity contribution in [1.29, 1.82) is 0 Å². The largest absolute Gasteiger partial charge is 0.291 e. The van der Waals surface area contributed by atoms with Gasteiger partial charge in [0.2, 0.25) is 5.24 Å². The molecule has 0 saturated heterocycles. The lowest BCUT2D eigenvalue weighted by Crippen LogP contribution is -2.16. The number of rotatable bonds is 7. The van der Waals surface area contributed by atoms with Crippen LogP contribution in [-0.2, 0) is 14.4 Å². The van der Waals surface area contributed by atoms with Gasteiger partial charge in [-0.3, -0.25) is 14.4 Å². The Balaban J connectivity index is 2.19. The highest BCUT2D eigenvalue weighted by Gasteiger charge is 2.22. The highest BCUT2D eigenvalue weighted by molar-refractivity contribution is 6.63. The molecule has 1 fully saturated rings. The van der Waals surface area contributed by atoms with Crippen LogP contribution in [0.3, 0.4) is 0 Å². The van der Waals surface area contributed by atoms with E-state index in [2.05, 4.69) is 0 Å². The molecule has 1 aliphatic carbocycles. The van der Waals surface area contributed by atoms with Crippen molar-refractivity contribution in [3.8, 4) is 0 Å². The van der Waals surface area contributed by atoms with Gasteiger partial charge in [-0.2, -0.15) is 0 Å². The molecule has 0 unspecified atom stereocenters. The summed E-state index contributed by atoms with van der Waals surface area (Å²) < 4.78 is 0. The molecule has 1 saturated carbocycles. The molecule has 0 N–H and O–H groups in total. The van der Waals surface area contributed by atoms with E-state index in [9.17, 15) is 14.4 Å². The Hall–Kier alpha value is -0.700. The first-order chi connectivity index (χ1) is 7.59. The smallest absolute Gasteiger partial charge is 0.221 e. The Bertz CT molecular complexity index is 280. The van der Waals surface area contributed by atoms with Crippen LogP contribution in [0.25, 0.3) is 0 Å². The Labute approximate surface area is 101 Å². The minimum Gasteiger partial charge on any atom is -0.291 e. The number of carbonyl (C=O) groups excluding carboxylic acids is 3. The van der Waals surface area contributed by atoms with Crippen molar-refractivity contribution in [2.45, 2.75) is 51.4 Å². The number of Topliss-reactive ketones (excluding diaryl/α,β-unsaturated/α-hetero) is 2. The fourth-order valence-electron chi connectivity index (χ4n) is 2.12. The van der Waals surface area contributed by atoms with E-state index >= 15 is 0 Å². The molecule has 0 amide bonds. The second kappa shape index (κ2) is 6.79. The predicted molar refractivity (Wildman–Crippen MR) is 61.3 cm³/mol. The third kappa shape index (κ3) is 4.88. The molecule has 0 radical (unpaired) electrons. The third-order valence-electron chi connectivity index (χ3n) is 3.04. The number of hydrogen-bond acceptors (Lipinski definition) is 3. The van der Waals surface area contributed by atoms with Crippen LogP contribution in [0.2, 0.25) is 0 Å². The monoisotopic (exact) mass is 244 g/mol. The number of halogens is 1. The van der Waals surface area contributed by atoms with Crippen LogP contribution in [0.1, 0.15) is 51.4 Å². The zero-order valence-corrected chi connectivity index (χ0v) is 10.1. The van der Waals surface area contributed by atoms with E-state index in [1.807, 2.05) is 0 Å². The molecule has 1 aliphatic rings. The second-order valence-electron chi connectivity index (χ2n) is 4.41. The van der Waals surface area contributed by atoms with Crippen LogP contribution in [0.4, 0.5) is 0 Å². The molecule has 90 valence electrons. The summed E-state index contributed by atoms with van der Waals surface area (Å²) in [7, 11) is 0. The summed E-state index contributed by atoms with van der Waals surface area (Å²) >= 11 is 5.14. The Kier molecular flexibility index (Phi) is 5.67. The van der Waals surface area contributed by atoms with Crippen LogP contribution in [0.5, 0.6) is 0 Å². The molecule has 0 aromatic carbocycles. The average molecular weight is 245 g/mol. The van der Waals surface area contributed by atoms with Gasteiger partial charge in [0.25, 0.3) is 0 Å². The van der Waals surface area contributed by atoms with E-state index in [1.165, 1.54) is 12.8 Å². The first kappa shape index (κ1) is 13.4. The zero-order chi connectivity index (χ0) is 12.0. The van der Waals surface area contributed by atoms with Crippen molar-refractivity contribution in [3.63, 3.8) is 0 Å². The van der Waals surface area contributed by atoms with Gasteiger partial charge in [-0.05, 0) is 23.9 Å². The van der Waals surface area contributed by atoms with Crippen LogP contribution in [0, 0.1) is 5.92 Å². The SMILES string of the molecule is O=C(Cl)CCCC(=O)C(=O)CC1CCCC1. The summed E-state index contributed by atoms with van der Waals surface area (Å²) in [5, 5.41) is -0.448. The fourth-order valence-corrected chi connectivity index (χ4v) is 2.25. The number of carbonyl (C=O) groups is 3. The standard InChI is InChI=1S/C12H17ClO3/c13-12(16)7-3-6-10(14)11(15)8-9-4-1-2-5-9/h9H,1-8H2. The van der Waals surface area contributed by atoms with Crippen molar-refractivity contribution in [2.75, 3.05) is 0 Å². The quantitative estimate of drug-likeness (QED) is 0.511. The Morgan fingerprint density at radius 3 is 2.19 bits per heavy atom. The van der Waals surface area contributed by atoms with Crippen LogP contribution in [-0.4, -0.2) is 16.8 Å². The van der Waals surface area contributed by atoms with Gasteiger partial charge in [-0.1, -0.05) is 25.7 Å². The van der Waals surface area contributed by atoms with Crippen LogP contribution >= 0.6 is 11.6 Å². The van der Waals surface area contributed by atoms with Crippen molar-refractivity contribution < 1.29 is 14.4 Å². The molecule has 16 heavy (non-hydrogen) atoms. The van der Waals surface area contributed by atoms with Gasteiger partial charge in [-0.25, -0.2) is 0 Å². The maximum atomic E-state index is 11.5. The first-order valence-electron chi connectivity index (χ1n) is 5.84. The van der Waals surface area contributed by atoms with E-state index in [0.717, 1.165) is 12.8 Å². The van der Waals surface area contributed by atoms with Gasteiger partial charge < -0.3 is 0 Å². The minimum atomic E-state index is -0.448. The highest BCUT2D eigenvalue weighted by atomic mass is 35.5. The lowest BCUT2D eigenvalue weighted by Gasteiger charge is -2.06. The van der Waals surface area contributed by atoms with E-state index in [4.69, 9.17) is 11.6 Å². The second-order valence-corrected chi connectivity index (χ2v) is 4.83. The van der Waals surface area contributed by atoms with Crippen molar-refractivity contribution in [1.82, 2.24) is 0 Å². The van der Waals surface area contributed by atoms with Gasteiger partial charge in [0.15, 0.2) is 11.6 Å². The van der Waals surface area contributed by atoms with Crippen LogP contribution in [0.15, 0.2) is 0 Å². The molecular weight excluding hydrogens is 228 g/mol. The lowest BCUT2D eigenvalue weighted by atomic mass is 9.97. The molecule has 3 nitrogen and oxygen atoms in total. The van der Waals surface area contributed by atoms with E-state index in [-0.39, 0.29) is 24.4 Å². The van der Waals surface area contributed by atoms with Gasteiger partial charge >= 0.3 is 0 Å². The Morgan fingerprint density at radius 2 is 1.62 bits per heavy atom. The Morgan fingerprint density at radius 1 is 1.00 bits per heavy atom. The van der Waals surface area contributed by atoms with Crippen molar-refractivity contribution in [2.24, 2.45) is 5.92 Å². The summed E-state index contributed by atoms with van der Waals surface area (Å²) in [4.78, 5) is 33.4. The van der Waals surface area contributed by atoms with Gasteiger partial charge in [0.05, 0.1) is 0 Å². The minimum absolute atomic E-state index is 0.157. The van der Waals surface area contributed by atoms with Crippen LogP contribution < -0.4 is 0 Å². The van der Waals surface area contributed by atoms with E-state index in [0.29, 0.717) is 18.8 Å². The zero-order valence-electron chi connectivity index (χ0n) is 9.34. The molecule has 0 aliphatic heterocycles. The topological polar surface area (TPSA) is 51.2 Å².